The number of hydrogen-bond donors (Lipinski definition) is 1. The van der Waals surface area contributed by atoms with Crippen LogP contribution in [0.2, 0.25) is 0 Å². The van der Waals surface area contributed by atoms with Gasteiger partial charge < -0.3 is 5.32 Å². The molecule has 2 rings (SSSR count). The summed E-state index contributed by atoms with van der Waals surface area (Å²) in [4.78, 5) is 0. The molecule has 0 bridgehead atoms. The van der Waals surface area contributed by atoms with Gasteiger partial charge in [0.2, 0.25) is 0 Å². The summed E-state index contributed by atoms with van der Waals surface area (Å²) in [6, 6.07) is 6.27. The van der Waals surface area contributed by atoms with Crippen molar-refractivity contribution in [1.29, 1.82) is 0 Å². The van der Waals surface area contributed by atoms with Gasteiger partial charge in [-0.15, -0.1) is 0 Å². The standard InChI is InChI=1S/C16H15BrF3N/c1-3-21-16(12-6-10(17)5-4-9(12)2)15-13(19)7-11(18)8-14(15)20/h4-8,16,21H,3H2,1-2H3. The van der Waals surface area contributed by atoms with Gasteiger partial charge in [0.05, 0.1) is 6.04 Å². The van der Waals surface area contributed by atoms with Gasteiger partial charge in [0.15, 0.2) is 0 Å². The number of halogens is 4. The summed E-state index contributed by atoms with van der Waals surface area (Å²) >= 11 is 3.36. The van der Waals surface area contributed by atoms with Crippen LogP contribution in [0.15, 0.2) is 34.8 Å². The van der Waals surface area contributed by atoms with Crippen LogP contribution < -0.4 is 5.32 Å². The Hall–Kier alpha value is -1.33. The largest absolute Gasteiger partial charge is 0.306 e. The van der Waals surface area contributed by atoms with Gasteiger partial charge in [-0.25, -0.2) is 13.2 Å². The Balaban J connectivity index is 2.61. The summed E-state index contributed by atoms with van der Waals surface area (Å²) in [7, 11) is 0. The van der Waals surface area contributed by atoms with Crippen LogP contribution in [0.5, 0.6) is 0 Å². The summed E-state index contributed by atoms with van der Waals surface area (Å²) in [5.41, 5.74) is 1.47. The molecule has 0 amide bonds. The molecule has 0 aliphatic heterocycles. The molecular weight excluding hydrogens is 343 g/mol. The molecule has 0 aliphatic carbocycles. The Morgan fingerprint density at radius 3 is 2.29 bits per heavy atom. The normalized spacial score (nSPS) is 12.5. The van der Waals surface area contributed by atoms with Crippen molar-refractivity contribution in [3.63, 3.8) is 0 Å². The topological polar surface area (TPSA) is 12.0 Å². The molecule has 5 heteroatoms. The van der Waals surface area contributed by atoms with Crippen LogP contribution in [0, 0.1) is 24.4 Å². The van der Waals surface area contributed by atoms with Crippen molar-refractivity contribution in [1.82, 2.24) is 5.32 Å². The highest BCUT2D eigenvalue weighted by molar-refractivity contribution is 9.10. The summed E-state index contributed by atoms with van der Waals surface area (Å²) in [6.07, 6.45) is 0. The molecule has 2 aromatic rings. The maximum absolute atomic E-state index is 14.1. The summed E-state index contributed by atoms with van der Waals surface area (Å²) in [5.74, 6) is -2.70. The van der Waals surface area contributed by atoms with E-state index >= 15 is 0 Å². The maximum Gasteiger partial charge on any atom is 0.134 e. The van der Waals surface area contributed by atoms with E-state index in [-0.39, 0.29) is 5.56 Å². The number of benzene rings is 2. The first-order valence-electron chi connectivity index (χ1n) is 6.58. The fourth-order valence-electron chi connectivity index (χ4n) is 2.32. The predicted molar refractivity (Wildman–Crippen MR) is 80.7 cm³/mol. The average Bonchev–Trinajstić information content (AvgIpc) is 2.39. The highest BCUT2D eigenvalue weighted by Crippen LogP contribution is 2.31. The number of aryl methyl sites for hydroxylation is 1. The van der Waals surface area contributed by atoms with Crippen LogP contribution in [-0.4, -0.2) is 6.54 Å². The summed E-state index contributed by atoms with van der Waals surface area (Å²) < 4.78 is 42.1. The van der Waals surface area contributed by atoms with Gasteiger partial charge in [0.25, 0.3) is 0 Å². The summed E-state index contributed by atoms with van der Waals surface area (Å²) in [6.45, 7) is 4.23. The maximum atomic E-state index is 14.1. The molecule has 1 N–H and O–H groups in total. The second kappa shape index (κ2) is 6.62. The molecule has 1 atom stereocenters. The van der Waals surface area contributed by atoms with E-state index in [4.69, 9.17) is 0 Å². The van der Waals surface area contributed by atoms with Gasteiger partial charge in [-0.2, -0.15) is 0 Å². The third-order valence-electron chi connectivity index (χ3n) is 3.29. The van der Waals surface area contributed by atoms with Crippen molar-refractivity contribution >= 4 is 15.9 Å². The number of rotatable bonds is 4. The lowest BCUT2D eigenvalue weighted by Gasteiger charge is -2.22. The van der Waals surface area contributed by atoms with Crippen LogP contribution in [0.4, 0.5) is 13.2 Å². The van der Waals surface area contributed by atoms with Gasteiger partial charge in [0.1, 0.15) is 17.5 Å². The Bertz CT molecular complexity index is 635. The van der Waals surface area contributed by atoms with E-state index in [0.29, 0.717) is 18.7 Å². The highest BCUT2D eigenvalue weighted by Gasteiger charge is 2.23. The first kappa shape index (κ1) is 16.0. The molecule has 0 aromatic heterocycles. The lowest BCUT2D eigenvalue weighted by molar-refractivity contribution is 0.491. The minimum atomic E-state index is -0.921. The quantitative estimate of drug-likeness (QED) is 0.822. The Kier molecular flexibility index (Phi) is 5.06. The molecular formula is C16H15BrF3N. The third-order valence-corrected chi connectivity index (χ3v) is 3.79. The first-order valence-corrected chi connectivity index (χ1v) is 7.37. The van der Waals surface area contributed by atoms with Crippen LogP contribution in [0.3, 0.4) is 0 Å². The van der Waals surface area contributed by atoms with E-state index in [1.165, 1.54) is 0 Å². The minimum absolute atomic E-state index is 0.167. The third kappa shape index (κ3) is 3.47. The van der Waals surface area contributed by atoms with Crippen LogP contribution in [-0.2, 0) is 0 Å². The second-order valence-corrected chi connectivity index (χ2v) is 5.69. The Morgan fingerprint density at radius 1 is 1.10 bits per heavy atom. The number of nitrogens with one attached hydrogen (secondary N) is 1. The van der Waals surface area contributed by atoms with E-state index < -0.39 is 23.5 Å². The van der Waals surface area contributed by atoms with E-state index in [2.05, 4.69) is 21.2 Å². The molecule has 0 fully saturated rings. The van der Waals surface area contributed by atoms with Gasteiger partial charge in [-0.05, 0) is 36.7 Å². The molecule has 112 valence electrons. The van der Waals surface area contributed by atoms with Gasteiger partial charge in [0, 0.05) is 22.2 Å². The van der Waals surface area contributed by atoms with E-state index in [9.17, 15) is 13.2 Å². The molecule has 1 nitrogen and oxygen atoms in total. The molecule has 0 spiro atoms. The van der Waals surface area contributed by atoms with Crippen molar-refractivity contribution in [2.75, 3.05) is 6.54 Å². The van der Waals surface area contributed by atoms with Crippen LogP contribution in [0.1, 0.15) is 29.7 Å². The predicted octanol–water partition coefficient (Wildman–Crippen LogP) is 4.87. The monoisotopic (exact) mass is 357 g/mol. The van der Waals surface area contributed by atoms with Crippen molar-refractivity contribution in [3.05, 3.63) is 68.9 Å². The fraction of sp³-hybridized carbons (Fsp3) is 0.250. The lowest BCUT2D eigenvalue weighted by atomic mass is 9.94. The van der Waals surface area contributed by atoms with E-state index in [1.807, 2.05) is 32.0 Å². The SMILES string of the molecule is CCNC(c1cc(Br)ccc1C)c1c(F)cc(F)cc1F. The minimum Gasteiger partial charge on any atom is -0.306 e. The van der Waals surface area contributed by atoms with E-state index in [0.717, 1.165) is 15.6 Å². The average molecular weight is 358 g/mol. The highest BCUT2D eigenvalue weighted by atomic mass is 79.9. The van der Waals surface area contributed by atoms with Crippen molar-refractivity contribution < 1.29 is 13.2 Å². The lowest BCUT2D eigenvalue weighted by Crippen LogP contribution is -2.25. The van der Waals surface area contributed by atoms with Crippen molar-refractivity contribution in [2.24, 2.45) is 0 Å². The molecule has 2 aromatic carbocycles. The fourth-order valence-corrected chi connectivity index (χ4v) is 2.70. The number of hydrogen-bond acceptors (Lipinski definition) is 1. The Labute approximate surface area is 130 Å². The molecule has 0 heterocycles. The Morgan fingerprint density at radius 2 is 1.71 bits per heavy atom. The zero-order valence-electron chi connectivity index (χ0n) is 11.7. The molecule has 21 heavy (non-hydrogen) atoms. The molecule has 0 saturated carbocycles. The smallest absolute Gasteiger partial charge is 0.134 e. The van der Waals surface area contributed by atoms with Crippen LogP contribution in [0.25, 0.3) is 0 Å². The molecule has 0 radical (unpaired) electrons. The van der Waals surface area contributed by atoms with Gasteiger partial charge >= 0.3 is 0 Å². The molecule has 0 saturated heterocycles. The zero-order valence-corrected chi connectivity index (χ0v) is 13.3. The van der Waals surface area contributed by atoms with Gasteiger partial charge in [-0.3, -0.25) is 0 Å². The van der Waals surface area contributed by atoms with E-state index in [1.54, 1.807) is 0 Å². The van der Waals surface area contributed by atoms with Crippen LogP contribution >= 0.6 is 15.9 Å². The molecule has 1 unspecified atom stereocenters. The second-order valence-electron chi connectivity index (χ2n) is 4.77. The molecule has 0 aliphatic rings. The first-order chi connectivity index (χ1) is 9.93. The van der Waals surface area contributed by atoms with Crippen molar-refractivity contribution in [3.8, 4) is 0 Å². The van der Waals surface area contributed by atoms with Gasteiger partial charge in [-0.1, -0.05) is 28.9 Å². The van der Waals surface area contributed by atoms with Crippen molar-refractivity contribution in [2.45, 2.75) is 19.9 Å². The zero-order chi connectivity index (χ0) is 15.6. The summed E-state index contributed by atoms with van der Waals surface area (Å²) in [5, 5.41) is 3.06.